The molecule has 1 atom stereocenters. The zero-order chi connectivity index (χ0) is 14.5. The number of aliphatic carboxylic acids is 1. The van der Waals surface area contributed by atoms with Crippen LogP contribution in [-0.2, 0) is 9.59 Å². The third kappa shape index (κ3) is 3.68. The number of oxazole rings is 1. The molecule has 1 unspecified atom stereocenters. The van der Waals surface area contributed by atoms with Crippen LogP contribution in [0.3, 0.4) is 0 Å². The zero-order valence-corrected chi connectivity index (χ0v) is 10.9. The summed E-state index contributed by atoms with van der Waals surface area (Å²) < 4.78 is 5.42. The lowest BCUT2D eigenvalue weighted by atomic mass is 10.2. The number of carboxylic acids is 1. The zero-order valence-electron chi connectivity index (χ0n) is 10.9. The van der Waals surface area contributed by atoms with Crippen LogP contribution in [0.1, 0.15) is 19.2 Å². The highest BCUT2D eigenvalue weighted by atomic mass is 16.4. The number of hydrogen-bond acceptors (Lipinski definition) is 4. The van der Waals surface area contributed by atoms with E-state index in [0.717, 1.165) is 0 Å². The second kappa shape index (κ2) is 6.01. The maximum absolute atomic E-state index is 11.6. The van der Waals surface area contributed by atoms with Crippen molar-refractivity contribution >= 4 is 29.1 Å². The Labute approximate surface area is 115 Å². The fraction of sp³-hybridized carbons (Fsp3) is 0.214. The Morgan fingerprint density at radius 2 is 2.20 bits per heavy atom. The molecule has 1 aromatic carbocycles. The van der Waals surface area contributed by atoms with Crippen molar-refractivity contribution < 1.29 is 19.1 Å². The average Bonchev–Trinajstić information content (AvgIpc) is 2.77. The third-order valence-electron chi connectivity index (χ3n) is 2.56. The molecule has 0 aliphatic heterocycles. The summed E-state index contributed by atoms with van der Waals surface area (Å²) in [6, 6.07) is 6.84. The molecule has 0 saturated heterocycles. The van der Waals surface area contributed by atoms with Gasteiger partial charge in [0, 0.05) is 18.2 Å². The largest absolute Gasteiger partial charge is 0.481 e. The highest BCUT2D eigenvalue weighted by Gasteiger charge is 2.09. The highest BCUT2D eigenvalue weighted by molar-refractivity contribution is 5.91. The van der Waals surface area contributed by atoms with Gasteiger partial charge in [-0.3, -0.25) is 9.59 Å². The first-order chi connectivity index (χ1) is 9.54. The number of carbonyl (C=O) groups excluding carboxylic acids is 1. The molecule has 6 nitrogen and oxygen atoms in total. The number of fused-ring (bicyclic) bond motifs is 1. The normalized spacial score (nSPS) is 12.7. The lowest BCUT2D eigenvalue weighted by Crippen LogP contribution is -2.32. The molecule has 2 N–H and O–H groups in total. The molecule has 0 fully saturated rings. The predicted molar refractivity (Wildman–Crippen MR) is 72.9 cm³/mol. The van der Waals surface area contributed by atoms with Gasteiger partial charge in [-0.1, -0.05) is 12.1 Å². The predicted octanol–water partition coefficient (Wildman–Crippen LogP) is 1.82. The first kappa shape index (κ1) is 13.8. The van der Waals surface area contributed by atoms with E-state index in [0.29, 0.717) is 17.0 Å². The van der Waals surface area contributed by atoms with Crippen molar-refractivity contribution in [1.82, 2.24) is 10.3 Å². The summed E-state index contributed by atoms with van der Waals surface area (Å²) in [6.07, 6.45) is 2.59. The van der Waals surface area contributed by atoms with Crippen molar-refractivity contribution in [2.75, 3.05) is 0 Å². The van der Waals surface area contributed by atoms with Gasteiger partial charge in [-0.2, -0.15) is 0 Å². The van der Waals surface area contributed by atoms with Gasteiger partial charge in [0.15, 0.2) is 5.58 Å². The Balaban J connectivity index is 1.98. The molecule has 0 spiro atoms. The molecule has 0 radical (unpaired) electrons. The topological polar surface area (TPSA) is 92.4 Å². The second-order valence-corrected chi connectivity index (χ2v) is 4.36. The Kier molecular flexibility index (Phi) is 4.14. The molecule has 1 heterocycles. The summed E-state index contributed by atoms with van der Waals surface area (Å²) in [4.78, 5) is 26.2. The van der Waals surface area contributed by atoms with E-state index >= 15 is 0 Å². The van der Waals surface area contributed by atoms with Crippen molar-refractivity contribution in [3.8, 4) is 0 Å². The first-order valence-corrected chi connectivity index (χ1v) is 6.10. The Hall–Kier alpha value is -2.63. The SMILES string of the molecule is CC(CC(=O)O)NC(=O)/C=C/c1nc2ccccc2o1. The highest BCUT2D eigenvalue weighted by Crippen LogP contribution is 2.15. The van der Waals surface area contributed by atoms with Crippen molar-refractivity contribution in [3.05, 3.63) is 36.2 Å². The number of carbonyl (C=O) groups is 2. The summed E-state index contributed by atoms with van der Waals surface area (Å²) in [5.41, 5.74) is 1.36. The minimum absolute atomic E-state index is 0.123. The lowest BCUT2D eigenvalue weighted by molar-refractivity contribution is -0.137. The van der Waals surface area contributed by atoms with E-state index in [9.17, 15) is 9.59 Å². The molecule has 1 amide bonds. The summed E-state index contributed by atoms with van der Waals surface area (Å²) in [5.74, 6) is -1.02. The van der Waals surface area contributed by atoms with Gasteiger partial charge >= 0.3 is 5.97 Å². The molecule has 104 valence electrons. The van der Waals surface area contributed by atoms with Gasteiger partial charge in [-0.25, -0.2) is 4.98 Å². The van der Waals surface area contributed by atoms with Gasteiger partial charge < -0.3 is 14.8 Å². The molecule has 0 aliphatic carbocycles. The van der Waals surface area contributed by atoms with E-state index < -0.39 is 12.0 Å². The summed E-state index contributed by atoms with van der Waals surface area (Å²) in [5, 5.41) is 11.1. The van der Waals surface area contributed by atoms with Gasteiger partial charge in [0.1, 0.15) is 5.52 Å². The third-order valence-corrected chi connectivity index (χ3v) is 2.56. The average molecular weight is 274 g/mol. The fourth-order valence-electron chi connectivity index (χ4n) is 1.71. The van der Waals surface area contributed by atoms with E-state index in [1.807, 2.05) is 18.2 Å². The van der Waals surface area contributed by atoms with Crippen LogP contribution >= 0.6 is 0 Å². The van der Waals surface area contributed by atoms with E-state index in [4.69, 9.17) is 9.52 Å². The minimum atomic E-state index is -0.958. The smallest absolute Gasteiger partial charge is 0.305 e. The number of para-hydroxylation sites is 2. The molecule has 2 rings (SSSR count). The summed E-state index contributed by atoms with van der Waals surface area (Å²) in [6.45, 7) is 1.62. The maximum atomic E-state index is 11.6. The molecule has 20 heavy (non-hydrogen) atoms. The van der Waals surface area contributed by atoms with Crippen LogP contribution in [0.15, 0.2) is 34.8 Å². The van der Waals surface area contributed by atoms with Crippen LogP contribution in [0.5, 0.6) is 0 Å². The number of rotatable bonds is 5. The summed E-state index contributed by atoms with van der Waals surface area (Å²) >= 11 is 0. The first-order valence-electron chi connectivity index (χ1n) is 6.10. The van der Waals surface area contributed by atoms with Crippen LogP contribution in [0, 0.1) is 0 Å². The molecular formula is C14H14N2O4. The fourth-order valence-corrected chi connectivity index (χ4v) is 1.71. The quantitative estimate of drug-likeness (QED) is 0.811. The molecule has 2 aromatic rings. The Morgan fingerprint density at radius 3 is 2.90 bits per heavy atom. The van der Waals surface area contributed by atoms with Crippen LogP contribution in [-0.4, -0.2) is 28.0 Å². The van der Waals surface area contributed by atoms with E-state index in [1.54, 1.807) is 13.0 Å². The second-order valence-electron chi connectivity index (χ2n) is 4.36. The number of amides is 1. The van der Waals surface area contributed by atoms with Crippen molar-refractivity contribution in [2.24, 2.45) is 0 Å². The van der Waals surface area contributed by atoms with Crippen LogP contribution in [0.2, 0.25) is 0 Å². The maximum Gasteiger partial charge on any atom is 0.305 e. The molecule has 0 aliphatic rings. The van der Waals surface area contributed by atoms with Crippen molar-refractivity contribution in [2.45, 2.75) is 19.4 Å². The Bertz CT molecular complexity index is 627. The Morgan fingerprint density at radius 1 is 1.45 bits per heavy atom. The number of aromatic nitrogens is 1. The molecule has 1 aromatic heterocycles. The molecule has 0 saturated carbocycles. The molecule has 0 bridgehead atoms. The van der Waals surface area contributed by atoms with E-state index in [1.165, 1.54) is 12.2 Å². The van der Waals surface area contributed by atoms with Crippen LogP contribution in [0.4, 0.5) is 0 Å². The number of hydrogen-bond donors (Lipinski definition) is 2. The number of nitrogens with zero attached hydrogens (tertiary/aromatic N) is 1. The lowest BCUT2D eigenvalue weighted by Gasteiger charge is -2.08. The molecule has 6 heteroatoms. The van der Waals surface area contributed by atoms with Crippen molar-refractivity contribution in [1.29, 1.82) is 0 Å². The van der Waals surface area contributed by atoms with E-state index in [2.05, 4.69) is 10.3 Å². The standard InChI is InChI=1S/C14H14N2O4/c1-9(8-14(18)19)15-12(17)6-7-13-16-10-4-2-3-5-11(10)20-13/h2-7,9H,8H2,1H3,(H,15,17)(H,18,19)/b7-6+. The number of nitrogens with one attached hydrogen (secondary N) is 1. The number of carboxylic acid groups (broad SMARTS) is 1. The molecular weight excluding hydrogens is 260 g/mol. The van der Waals surface area contributed by atoms with Gasteiger partial charge in [-0.15, -0.1) is 0 Å². The van der Waals surface area contributed by atoms with E-state index in [-0.39, 0.29) is 12.3 Å². The van der Waals surface area contributed by atoms with Crippen molar-refractivity contribution in [3.63, 3.8) is 0 Å². The van der Waals surface area contributed by atoms with Gasteiger partial charge in [-0.05, 0) is 19.1 Å². The van der Waals surface area contributed by atoms with Crippen LogP contribution in [0.25, 0.3) is 17.2 Å². The van der Waals surface area contributed by atoms with Gasteiger partial charge in [0.25, 0.3) is 0 Å². The summed E-state index contributed by atoms with van der Waals surface area (Å²) in [7, 11) is 0. The van der Waals surface area contributed by atoms with Gasteiger partial charge in [0.2, 0.25) is 11.8 Å². The van der Waals surface area contributed by atoms with Gasteiger partial charge in [0.05, 0.1) is 6.42 Å². The number of benzene rings is 1. The van der Waals surface area contributed by atoms with Crippen LogP contribution < -0.4 is 5.32 Å². The minimum Gasteiger partial charge on any atom is -0.481 e. The monoisotopic (exact) mass is 274 g/mol.